The van der Waals surface area contributed by atoms with Crippen LogP contribution in [0.5, 0.6) is 0 Å². The van der Waals surface area contributed by atoms with E-state index in [2.05, 4.69) is 10.4 Å². The number of fused-ring (bicyclic) bond motifs is 1. The molecule has 7 heteroatoms. The van der Waals surface area contributed by atoms with E-state index in [-0.39, 0.29) is 11.8 Å². The smallest absolute Gasteiger partial charge is 0.248 e. The Kier molecular flexibility index (Phi) is 5.90. The molecule has 0 saturated carbocycles. The van der Waals surface area contributed by atoms with Gasteiger partial charge in [-0.05, 0) is 48.4 Å². The number of nitrogens with zero attached hydrogens (tertiary/aromatic N) is 3. The van der Waals surface area contributed by atoms with Gasteiger partial charge in [-0.1, -0.05) is 12.1 Å². The minimum Gasteiger partial charge on any atom is -0.383 e. The summed E-state index contributed by atoms with van der Waals surface area (Å²) in [6.45, 7) is 1.99. The molecule has 2 heterocycles. The number of nitrogens with one attached hydrogen (secondary N) is 1. The Morgan fingerprint density at radius 3 is 2.80 bits per heavy atom. The van der Waals surface area contributed by atoms with Crippen LogP contribution in [0.3, 0.4) is 0 Å². The first-order chi connectivity index (χ1) is 14.6. The molecule has 0 radical (unpaired) electrons. The van der Waals surface area contributed by atoms with E-state index >= 15 is 0 Å². The molecule has 0 bridgehead atoms. The van der Waals surface area contributed by atoms with Gasteiger partial charge in [0, 0.05) is 42.9 Å². The van der Waals surface area contributed by atoms with Crippen molar-refractivity contribution in [2.75, 3.05) is 30.5 Å². The molecule has 0 spiro atoms. The average molecular weight is 404 g/mol. The lowest BCUT2D eigenvalue weighted by molar-refractivity contribution is -0.117. The maximum Gasteiger partial charge on any atom is 0.248 e. The van der Waals surface area contributed by atoms with E-state index in [1.165, 1.54) is 6.08 Å². The van der Waals surface area contributed by atoms with Crippen LogP contribution in [-0.4, -0.2) is 41.9 Å². The van der Waals surface area contributed by atoms with Crippen LogP contribution >= 0.6 is 0 Å². The van der Waals surface area contributed by atoms with E-state index in [1.807, 2.05) is 47.1 Å². The minimum atomic E-state index is -0.212. The zero-order valence-electron chi connectivity index (χ0n) is 16.9. The molecule has 30 heavy (non-hydrogen) atoms. The van der Waals surface area contributed by atoms with Gasteiger partial charge in [-0.15, -0.1) is 0 Å². The second-order valence-corrected chi connectivity index (χ2v) is 7.20. The average Bonchev–Trinajstić information content (AvgIpc) is 3.37. The van der Waals surface area contributed by atoms with Crippen LogP contribution in [0.15, 0.2) is 54.7 Å². The Hall–Kier alpha value is -3.45. The Bertz CT molecular complexity index is 1090. The number of anilines is 2. The van der Waals surface area contributed by atoms with Crippen molar-refractivity contribution < 1.29 is 14.3 Å². The first-order valence-electron chi connectivity index (χ1n) is 9.98. The van der Waals surface area contributed by atoms with Crippen molar-refractivity contribution in [2.45, 2.75) is 19.4 Å². The molecule has 3 aromatic rings. The molecule has 1 saturated heterocycles. The molecule has 1 aliphatic rings. The number of carbonyl (C=O) groups is 2. The number of carbonyl (C=O) groups excluding carboxylic acids is 2. The van der Waals surface area contributed by atoms with Gasteiger partial charge in [0.2, 0.25) is 11.8 Å². The number of ether oxygens (including phenoxy) is 1. The van der Waals surface area contributed by atoms with Crippen LogP contribution in [0, 0.1) is 0 Å². The predicted octanol–water partition coefficient (Wildman–Crippen LogP) is 3.46. The molecule has 7 nitrogen and oxygen atoms in total. The second kappa shape index (κ2) is 8.92. The van der Waals surface area contributed by atoms with Crippen molar-refractivity contribution >= 4 is 40.2 Å². The Morgan fingerprint density at radius 1 is 1.23 bits per heavy atom. The summed E-state index contributed by atoms with van der Waals surface area (Å²) < 4.78 is 6.97. The van der Waals surface area contributed by atoms with Gasteiger partial charge in [0.25, 0.3) is 0 Å². The fraction of sp³-hybridized carbons (Fsp3) is 0.261. The van der Waals surface area contributed by atoms with Crippen molar-refractivity contribution in [2.24, 2.45) is 0 Å². The molecule has 0 aliphatic carbocycles. The maximum absolute atomic E-state index is 12.3. The number of hydrogen-bond acceptors (Lipinski definition) is 4. The van der Waals surface area contributed by atoms with Crippen LogP contribution in [0.25, 0.3) is 17.0 Å². The molecule has 0 unspecified atom stereocenters. The van der Waals surface area contributed by atoms with Gasteiger partial charge in [-0.25, -0.2) is 0 Å². The summed E-state index contributed by atoms with van der Waals surface area (Å²) >= 11 is 0. The van der Waals surface area contributed by atoms with Gasteiger partial charge in [0.1, 0.15) is 0 Å². The SMILES string of the molecule is COCCn1ncc2ccc(NC(=O)/C=C/c3ccc(N4CCCC4=O)cc3)cc21. The maximum atomic E-state index is 12.3. The molecule has 0 atom stereocenters. The lowest BCUT2D eigenvalue weighted by Gasteiger charge is -2.15. The second-order valence-electron chi connectivity index (χ2n) is 7.20. The molecule has 1 aromatic heterocycles. The van der Waals surface area contributed by atoms with Gasteiger partial charge in [0.15, 0.2) is 0 Å². The highest BCUT2D eigenvalue weighted by Crippen LogP contribution is 2.22. The monoisotopic (exact) mass is 404 g/mol. The van der Waals surface area contributed by atoms with Crippen LogP contribution in [-0.2, 0) is 20.9 Å². The Morgan fingerprint density at radius 2 is 2.07 bits per heavy atom. The van der Waals surface area contributed by atoms with Crippen molar-refractivity contribution in [3.8, 4) is 0 Å². The molecule has 1 N–H and O–H groups in total. The van der Waals surface area contributed by atoms with E-state index in [4.69, 9.17) is 4.74 Å². The Labute approximate surface area is 174 Å². The summed E-state index contributed by atoms with van der Waals surface area (Å²) in [7, 11) is 1.66. The minimum absolute atomic E-state index is 0.165. The van der Waals surface area contributed by atoms with E-state index < -0.39 is 0 Å². The molecular formula is C23H24N4O3. The lowest BCUT2D eigenvalue weighted by Crippen LogP contribution is -2.23. The quantitative estimate of drug-likeness (QED) is 0.612. The van der Waals surface area contributed by atoms with Gasteiger partial charge in [-0.2, -0.15) is 5.10 Å². The highest BCUT2D eigenvalue weighted by Gasteiger charge is 2.21. The van der Waals surface area contributed by atoms with Gasteiger partial charge >= 0.3 is 0 Å². The summed E-state index contributed by atoms with van der Waals surface area (Å²) in [6.07, 6.45) is 6.57. The van der Waals surface area contributed by atoms with Crippen molar-refractivity contribution in [1.82, 2.24) is 9.78 Å². The van der Waals surface area contributed by atoms with Gasteiger partial charge in [-0.3, -0.25) is 14.3 Å². The number of hydrogen-bond donors (Lipinski definition) is 1. The van der Waals surface area contributed by atoms with E-state index in [1.54, 1.807) is 24.3 Å². The number of methoxy groups -OCH3 is 1. The van der Waals surface area contributed by atoms with E-state index in [9.17, 15) is 9.59 Å². The summed E-state index contributed by atoms with van der Waals surface area (Å²) in [5.74, 6) is -0.0469. The number of rotatable bonds is 7. The van der Waals surface area contributed by atoms with E-state index in [0.29, 0.717) is 25.3 Å². The van der Waals surface area contributed by atoms with Crippen LogP contribution < -0.4 is 10.2 Å². The van der Waals surface area contributed by atoms with E-state index in [0.717, 1.165) is 35.1 Å². The molecule has 1 fully saturated rings. The molecule has 154 valence electrons. The third-order valence-electron chi connectivity index (χ3n) is 5.12. The third kappa shape index (κ3) is 4.41. The highest BCUT2D eigenvalue weighted by molar-refractivity contribution is 6.03. The van der Waals surface area contributed by atoms with Crippen molar-refractivity contribution in [3.63, 3.8) is 0 Å². The van der Waals surface area contributed by atoms with Crippen LogP contribution in [0.1, 0.15) is 18.4 Å². The molecule has 2 aromatic carbocycles. The number of benzene rings is 2. The Balaban J connectivity index is 1.40. The zero-order chi connectivity index (χ0) is 20.9. The van der Waals surface area contributed by atoms with Crippen LogP contribution in [0.2, 0.25) is 0 Å². The first kappa shape index (κ1) is 19.8. The molecule has 1 aliphatic heterocycles. The summed E-state index contributed by atoms with van der Waals surface area (Å²) in [6, 6.07) is 13.3. The van der Waals surface area contributed by atoms with Crippen molar-refractivity contribution in [1.29, 1.82) is 0 Å². The summed E-state index contributed by atoms with van der Waals surface area (Å²) in [5, 5.41) is 8.25. The fourth-order valence-electron chi connectivity index (χ4n) is 3.55. The largest absolute Gasteiger partial charge is 0.383 e. The highest BCUT2D eigenvalue weighted by atomic mass is 16.5. The lowest BCUT2D eigenvalue weighted by atomic mass is 10.2. The number of amides is 2. The summed E-state index contributed by atoms with van der Waals surface area (Å²) in [4.78, 5) is 26.0. The van der Waals surface area contributed by atoms with Crippen molar-refractivity contribution in [3.05, 3.63) is 60.3 Å². The summed E-state index contributed by atoms with van der Waals surface area (Å²) in [5.41, 5.74) is 3.45. The van der Waals surface area contributed by atoms with Crippen LogP contribution in [0.4, 0.5) is 11.4 Å². The first-order valence-corrected chi connectivity index (χ1v) is 9.98. The molecular weight excluding hydrogens is 380 g/mol. The van der Waals surface area contributed by atoms with Gasteiger partial charge < -0.3 is 15.0 Å². The normalized spacial score (nSPS) is 14.2. The predicted molar refractivity (Wildman–Crippen MR) is 117 cm³/mol. The number of aromatic nitrogens is 2. The fourth-order valence-corrected chi connectivity index (χ4v) is 3.55. The standard InChI is InChI=1S/C23H24N4O3/c1-30-14-13-27-21-15-19(8-7-18(21)16-24-27)25-22(28)11-6-17-4-9-20(10-5-17)26-12-2-3-23(26)29/h4-11,15-16H,2-3,12-14H2,1H3,(H,25,28)/b11-6+. The molecule has 2 amide bonds. The third-order valence-corrected chi connectivity index (χ3v) is 5.12. The zero-order valence-corrected chi connectivity index (χ0v) is 16.9. The topological polar surface area (TPSA) is 76.5 Å². The van der Waals surface area contributed by atoms with Gasteiger partial charge in [0.05, 0.1) is 24.9 Å². The molecule has 4 rings (SSSR count).